The normalized spacial score (nSPS) is 19.0. The Labute approximate surface area is 98.0 Å². The second kappa shape index (κ2) is 7.31. The Kier molecular flexibility index (Phi) is 5.98. The summed E-state index contributed by atoms with van der Waals surface area (Å²) in [4.78, 5) is 10.9. The summed E-state index contributed by atoms with van der Waals surface area (Å²) in [5.74, 6) is 0.210. The number of allylic oxidation sites excluding steroid dienone is 1. The van der Waals surface area contributed by atoms with Gasteiger partial charge in [0.1, 0.15) is 6.61 Å². The number of cyclic esters (lactones) is 1. The number of nitrogens with two attached hydrogens (primary N) is 1. The predicted molar refractivity (Wildman–Crippen MR) is 64.7 cm³/mol. The van der Waals surface area contributed by atoms with Gasteiger partial charge in [-0.25, -0.2) is 0 Å². The van der Waals surface area contributed by atoms with Gasteiger partial charge in [0.05, 0.1) is 5.92 Å². The van der Waals surface area contributed by atoms with E-state index in [1.165, 1.54) is 25.7 Å². The van der Waals surface area contributed by atoms with Gasteiger partial charge in [-0.15, -0.1) is 0 Å². The minimum Gasteiger partial charge on any atom is -0.464 e. The van der Waals surface area contributed by atoms with Crippen LogP contribution in [0.3, 0.4) is 0 Å². The zero-order valence-corrected chi connectivity index (χ0v) is 10.0. The average Bonchev–Trinajstić information content (AvgIpc) is 2.24. The van der Waals surface area contributed by atoms with Crippen LogP contribution in [-0.2, 0) is 9.53 Å². The van der Waals surface area contributed by atoms with Crippen LogP contribution < -0.4 is 5.73 Å². The molecule has 1 atom stereocenters. The maximum absolute atomic E-state index is 10.9. The topological polar surface area (TPSA) is 52.3 Å². The maximum Gasteiger partial charge on any atom is 0.312 e. The number of rotatable bonds is 9. The molecule has 92 valence electrons. The molecular weight excluding hydrogens is 202 g/mol. The third-order valence-electron chi connectivity index (χ3n) is 3.06. The van der Waals surface area contributed by atoms with Crippen molar-refractivity contribution in [3.05, 3.63) is 12.3 Å². The van der Waals surface area contributed by atoms with Crippen LogP contribution in [0.15, 0.2) is 12.3 Å². The molecule has 0 radical (unpaired) electrons. The van der Waals surface area contributed by atoms with E-state index >= 15 is 0 Å². The van der Waals surface area contributed by atoms with E-state index < -0.39 is 0 Å². The standard InChI is InChI=1S/C13H23NO2/c1-11(14)8-6-4-2-3-5-7-9-12-10-16-13(12)15/h12H,1-10,14H2/t12-/m0/s1. The lowest BCUT2D eigenvalue weighted by Gasteiger charge is -2.24. The van der Waals surface area contributed by atoms with Crippen LogP contribution in [0.2, 0.25) is 0 Å². The van der Waals surface area contributed by atoms with Crippen molar-refractivity contribution in [1.29, 1.82) is 0 Å². The molecule has 1 saturated heterocycles. The van der Waals surface area contributed by atoms with Crippen molar-refractivity contribution in [1.82, 2.24) is 0 Å². The molecule has 0 aromatic heterocycles. The van der Waals surface area contributed by atoms with Crippen molar-refractivity contribution in [2.45, 2.75) is 51.4 Å². The van der Waals surface area contributed by atoms with Crippen molar-refractivity contribution in [3.8, 4) is 0 Å². The van der Waals surface area contributed by atoms with E-state index in [9.17, 15) is 4.79 Å². The van der Waals surface area contributed by atoms with Crippen molar-refractivity contribution >= 4 is 5.97 Å². The molecule has 0 saturated carbocycles. The zero-order valence-electron chi connectivity index (χ0n) is 10.0. The first-order valence-corrected chi connectivity index (χ1v) is 6.30. The van der Waals surface area contributed by atoms with Gasteiger partial charge in [-0.1, -0.05) is 38.7 Å². The van der Waals surface area contributed by atoms with Crippen LogP contribution in [0.4, 0.5) is 0 Å². The number of ether oxygens (including phenoxy) is 1. The Morgan fingerprint density at radius 3 is 2.38 bits per heavy atom. The zero-order chi connectivity index (χ0) is 11.8. The monoisotopic (exact) mass is 225 g/mol. The molecule has 1 aliphatic rings. The SMILES string of the molecule is C=C(N)CCCCCCCC[C@H]1COC1=O. The Bertz CT molecular complexity index is 238. The molecule has 0 aliphatic carbocycles. The molecular formula is C13H23NO2. The van der Waals surface area contributed by atoms with Gasteiger partial charge in [0, 0.05) is 5.70 Å². The number of hydrogen-bond donors (Lipinski definition) is 1. The molecule has 0 unspecified atom stereocenters. The van der Waals surface area contributed by atoms with E-state index in [1.54, 1.807) is 0 Å². The largest absolute Gasteiger partial charge is 0.464 e. The van der Waals surface area contributed by atoms with E-state index in [0.717, 1.165) is 31.4 Å². The smallest absolute Gasteiger partial charge is 0.312 e. The Morgan fingerprint density at radius 1 is 1.25 bits per heavy atom. The molecule has 0 aromatic carbocycles. The van der Waals surface area contributed by atoms with E-state index in [-0.39, 0.29) is 11.9 Å². The summed E-state index contributed by atoms with van der Waals surface area (Å²) in [7, 11) is 0. The molecule has 3 heteroatoms. The average molecular weight is 225 g/mol. The highest BCUT2D eigenvalue weighted by atomic mass is 16.6. The van der Waals surface area contributed by atoms with Gasteiger partial charge in [-0.2, -0.15) is 0 Å². The lowest BCUT2D eigenvalue weighted by Crippen LogP contribution is -2.34. The highest BCUT2D eigenvalue weighted by Gasteiger charge is 2.29. The summed E-state index contributed by atoms with van der Waals surface area (Å²) in [5.41, 5.74) is 6.28. The van der Waals surface area contributed by atoms with Crippen LogP contribution >= 0.6 is 0 Å². The number of esters is 1. The molecule has 0 spiro atoms. The Hall–Kier alpha value is -0.990. The molecule has 0 amide bonds. The van der Waals surface area contributed by atoms with Gasteiger partial charge >= 0.3 is 5.97 Å². The second-order valence-corrected chi connectivity index (χ2v) is 4.65. The van der Waals surface area contributed by atoms with Crippen molar-refractivity contribution < 1.29 is 9.53 Å². The van der Waals surface area contributed by atoms with Crippen LogP contribution in [0.25, 0.3) is 0 Å². The van der Waals surface area contributed by atoms with Crippen molar-refractivity contribution in [3.63, 3.8) is 0 Å². The fourth-order valence-corrected chi connectivity index (χ4v) is 1.92. The van der Waals surface area contributed by atoms with Gasteiger partial charge in [0.25, 0.3) is 0 Å². The first-order valence-electron chi connectivity index (χ1n) is 6.30. The van der Waals surface area contributed by atoms with Gasteiger partial charge in [0.15, 0.2) is 0 Å². The maximum atomic E-state index is 10.9. The first kappa shape index (κ1) is 13.1. The Balaban J connectivity index is 1.78. The molecule has 0 aromatic rings. The summed E-state index contributed by atoms with van der Waals surface area (Å²) in [6, 6.07) is 0. The summed E-state index contributed by atoms with van der Waals surface area (Å²) in [6.45, 7) is 4.33. The fraction of sp³-hybridized carbons (Fsp3) is 0.769. The second-order valence-electron chi connectivity index (χ2n) is 4.65. The quantitative estimate of drug-likeness (QED) is 0.485. The summed E-state index contributed by atoms with van der Waals surface area (Å²) in [6.07, 6.45) is 9.27. The molecule has 1 heterocycles. The number of carbonyl (C=O) groups excluding carboxylic acids is 1. The molecule has 1 aliphatic heterocycles. The lowest BCUT2D eigenvalue weighted by molar-refractivity contribution is -0.169. The van der Waals surface area contributed by atoms with Crippen LogP contribution in [-0.4, -0.2) is 12.6 Å². The van der Waals surface area contributed by atoms with Gasteiger partial charge in [0.2, 0.25) is 0 Å². The van der Waals surface area contributed by atoms with Crippen LogP contribution in [0, 0.1) is 5.92 Å². The fourth-order valence-electron chi connectivity index (χ4n) is 1.92. The number of unbranched alkanes of at least 4 members (excludes halogenated alkanes) is 5. The van der Waals surface area contributed by atoms with Crippen LogP contribution in [0.1, 0.15) is 51.4 Å². The van der Waals surface area contributed by atoms with Crippen molar-refractivity contribution in [2.24, 2.45) is 11.7 Å². The third kappa shape index (κ3) is 5.19. The van der Waals surface area contributed by atoms with Gasteiger partial charge < -0.3 is 10.5 Å². The van der Waals surface area contributed by atoms with Gasteiger partial charge in [-0.05, 0) is 19.3 Å². The minimum atomic E-state index is 0.00135. The highest BCUT2D eigenvalue weighted by Crippen LogP contribution is 2.20. The van der Waals surface area contributed by atoms with E-state index in [1.807, 2.05) is 0 Å². The minimum absolute atomic E-state index is 0.00135. The van der Waals surface area contributed by atoms with Gasteiger partial charge in [-0.3, -0.25) is 4.79 Å². The van der Waals surface area contributed by atoms with E-state index in [4.69, 9.17) is 10.5 Å². The lowest BCUT2D eigenvalue weighted by atomic mass is 9.98. The Morgan fingerprint density at radius 2 is 1.88 bits per heavy atom. The number of hydrogen-bond acceptors (Lipinski definition) is 3. The van der Waals surface area contributed by atoms with E-state index in [2.05, 4.69) is 6.58 Å². The van der Waals surface area contributed by atoms with Crippen molar-refractivity contribution in [2.75, 3.05) is 6.61 Å². The summed E-state index contributed by atoms with van der Waals surface area (Å²) in [5, 5.41) is 0. The molecule has 3 nitrogen and oxygen atoms in total. The predicted octanol–water partition coefficient (Wildman–Crippen LogP) is 2.75. The highest BCUT2D eigenvalue weighted by molar-refractivity contribution is 5.77. The molecule has 16 heavy (non-hydrogen) atoms. The molecule has 2 N–H and O–H groups in total. The summed E-state index contributed by atoms with van der Waals surface area (Å²) >= 11 is 0. The molecule has 1 rings (SSSR count). The third-order valence-corrected chi connectivity index (χ3v) is 3.06. The van der Waals surface area contributed by atoms with Crippen LogP contribution in [0.5, 0.6) is 0 Å². The molecule has 1 fully saturated rings. The summed E-state index contributed by atoms with van der Waals surface area (Å²) < 4.78 is 4.72. The van der Waals surface area contributed by atoms with E-state index in [0.29, 0.717) is 6.61 Å². The first-order chi connectivity index (χ1) is 7.70. The molecule has 0 bridgehead atoms. The number of carbonyl (C=O) groups is 1.